The Balaban J connectivity index is 1.41. The molecule has 1 aromatic heterocycles. The lowest BCUT2D eigenvalue weighted by molar-refractivity contribution is 0.266. The van der Waals surface area contributed by atoms with Gasteiger partial charge in [0.2, 0.25) is 0 Å². The van der Waals surface area contributed by atoms with Crippen molar-refractivity contribution in [1.29, 1.82) is 0 Å². The second-order valence-electron chi connectivity index (χ2n) is 6.97. The van der Waals surface area contributed by atoms with Gasteiger partial charge in [-0.3, -0.25) is 4.90 Å². The summed E-state index contributed by atoms with van der Waals surface area (Å²) in [6.07, 6.45) is 2.73. The van der Waals surface area contributed by atoms with Crippen LogP contribution in [0.3, 0.4) is 0 Å². The van der Waals surface area contributed by atoms with Crippen molar-refractivity contribution in [1.82, 2.24) is 19.7 Å². The molecule has 2 heterocycles. The molecule has 27 heavy (non-hydrogen) atoms. The summed E-state index contributed by atoms with van der Waals surface area (Å²) >= 11 is 6.08. The van der Waals surface area contributed by atoms with E-state index in [0.717, 1.165) is 56.1 Å². The Morgan fingerprint density at radius 1 is 0.963 bits per heavy atom. The molecular formula is C21H23ClN4O. The molecule has 1 aliphatic heterocycles. The number of fused-ring (bicyclic) bond motifs is 1. The van der Waals surface area contributed by atoms with Crippen molar-refractivity contribution < 1.29 is 5.11 Å². The molecule has 4 rings (SSSR count). The fraction of sp³-hybridized carbons (Fsp3) is 0.333. The van der Waals surface area contributed by atoms with Crippen LogP contribution >= 0.6 is 11.6 Å². The number of phenols is 1. The molecule has 0 aliphatic carbocycles. The van der Waals surface area contributed by atoms with E-state index in [-0.39, 0.29) is 0 Å². The van der Waals surface area contributed by atoms with Gasteiger partial charge in [0.25, 0.3) is 0 Å². The van der Waals surface area contributed by atoms with Gasteiger partial charge in [-0.15, -0.1) is 10.2 Å². The molecule has 0 atom stereocenters. The lowest BCUT2D eigenvalue weighted by atomic mass is 10.1. The minimum Gasteiger partial charge on any atom is -0.508 e. The van der Waals surface area contributed by atoms with E-state index in [0.29, 0.717) is 17.3 Å². The Morgan fingerprint density at radius 2 is 1.81 bits per heavy atom. The highest BCUT2D eigenvalue weighted by Crippen LogP contribution is 2.23. The lowest BCUT2D eigenvalue weighted by Gasteiger charge is -2.20. The van der Waals surface area contributed by atoms with Crippen LogP contribution in [0.25, 0.3) is 0 Å². The fourth-order valence-corrected chi connectivity index (χ4v) is 3.79. The van der Waals surface area contributed by atoms with Crippen molar-refractivity contribution in [3.05, 3.63) is 76.3 Å². The van der Waals surface area contributed by atoms with Crippen LogP contribution in [-0.4, -0.2) is 37.9 Å². The monoisotopic (exact) mass is 382 g/mol. The zero-order valence-corrected chi connectivity index (χ0v) is 15.9. The molecular weight excluding hydrogens is 360 g/mol. The van der Waals surface area contributed by atoms with Crippen molar-refractivity contribution in [3.63, 3.8) is 0 Å². The average molecular weight is 383 g/mol. The Hall–Kier alpha value is -2.37. The van der Waals surface area contributed by atoms with Gasteiger partial charge in [0.1, 0.15) is 17.4 Å². The minimum atomic E-state index is 0.298. The predicted molar refractivity (Wildman–Crippen MR) is 106 cm³/mol. The van der Waals surface area contributed by atoms with Gasteiger partial charge < -0.3 is 9.67 Å². The SMILES string of the molecule is Oc1ccc(Cl)cc1CN1CCc2nnc(CCc3ccccc3)n2CC1. The Labute approximate surface area is 164 Å². The molecule has 140 valence electrons. The van der Waals surface area contributed by atoms with Crippen LogP contribution in [0.15, 0.2) is 48.5 Å². The molecule has 1 aliphatic rings. The van der Waals surface area contributed by atoms with Crippen molar-refractivity contribution in [2.24, 2.45) is 0 Å². The van der Waals surface area contributed by atoms with Crippen LogP contribution in [0.2, 0.25) is 5.02 Å². The van der Waals surface area contributed by atoms with E-state index in [9.17, 15) is 5.11 Å². The smallest absolute Gasteiger partial charge is 0.134 e. The van der Waals surface area contributed by atoms with Crippen molar-refractivity contribution >= 4 is 11.6 Å². The maximum atomic E-state index is 10.1. The summed E-state index contributed by atoms with van der Waals surface area (Å²) in [6, 6.07) is 15.7. The molecule has 0 saturated carbocycles. The lowest BCUT2D eigenvalue weighted by Crippen LogP contribution is -2.26. The Morgan fingerprint density at radius 3 is 2.67 bits per heavy atom. The molecule has 2 aromatic carbocycles. The minimum absolute atomic E-state index is 0.298. The number of aromatic hydroxyl groups is 1. The third kappa shape index (κ3) is 4.31. The van der Waals surface area contributed by atoms with Crippen LogP contribution < -0.4 is 0 Å². The van der Waals surface area contributed by atoms with E-state index < -0.39 is 0 Å². The molecule has 6 heteroatoms. The van der Waals surface area contributed by atoms with Crippen molar-refractivity contribution in [2.75, 3.05) is 13.1 Å². The van der Waals surface area contributed by atoms with Gasteiger partial charge in [-0.05, 0) is 30.2 Å². The predicted octanol–water partition coefficient (Wildman–Crippen LogP) is 3.48. The number of hydrogen-bond donors (Lipinski definition) is 1. The van der Waals surface area contributed by atoms with Crippen LogP contribution in [0.4, 0.5) is 0 Å². The number of aromatic nitrogens is 3. The molecule has 0 amide bonds. The summed E-state index contributed by atoms with van der Waals surface area (Å²) in [5, 5.41) is 19.6. The Bertz CT molecular complexity index is 910. The molecule has 0 fully saturated rings. The quantitative estimate of drug-likeness (QED) is 0.734. The summed E-state index contributed by atoms with van der Waals surface area (Å²) in [7, 11) is 0. The largest absolute Gasteiger partial charge is 0.508 e. The molecule has 0 unspecified atom stereocenters. The number of phenolic OH excluding ortho intramolecular Hbond substituents is 1. The van der Waals surface area contributed by atoms with Gasteiger partial charge >= 0.3 is 0 Å². The van der Waals surface area contributed by atoms with E-state index >= 15 is 0 Å². The van der Waals surface area contributed by atoms with E-state index in [2.05, 4.69) is 43.9 Å². The molecule has 3 aromatic rings. The second kappa shape index (κ2) is 8.11. The summed E-state index contributed by atoms with van der Waals surface area (Å²) < 4.78 is 2.26. The van der Waals surface area contributed by atoms with E-state index in [4.69, 9.17) is 11.6 Å². The number of hydrogen-bond acceptors (Lipinski definition) is 4. The summed E-state index contributed by atoms with van der Waals surface area (Å²) in [4.78, 5) is 2.33. The number of nitrogens with zero attached hydrogens (tertiary/aromatic N) is 4. The first kappa shape index (κ1) is 18.0. The molecule has 5 nitrogen and oxygen atoms in total. The number of aryl methyl sites for hydroxylation is 2. The van der Waals surface area contributed by atoms with Gasteiger partial charge in [0, 0.05) is 49.6 Å². The number of rotatable bonds is 5. The fourth-order valence-electron chi connectivity index (χ4n) is 3.59. The maximum absolute atomic E-state index is 10.1. The first-order valence-electron chi connectivity index (χ1n) is 9.33. The van der Waals surface area contributed by atoms with Crippen LogP contribution in [0, 0.1) is 0 Å². The highest BCUT2D eigenvalue weighted by molar-refractivity contribution is 6.30. The second-order valence-corrected chi connectivity index (χ2v) is 7.41. The van der Waals surface area contributed by atoms with Gasteiger partial charge in [-0.25, -0.2) is 0 Å². The highest BCUT2D eigenvalue weighted by atomic mass is 35.5. The maximum Gasteiger partial charge on any atom is 0.134 e. The Kier molecular flexibility index (Phi) is 5.41. The third-order valence-electron chi connectivity index (χ3n) is 5.11. The van der Waals surface area contributed by atoms with Crippen LogP contribution in [0.1, 0.15) is 22.8 Å². The molecule has 0 saturated heterocycles. The third-order valence-corrected chi connectivity index (χ3v) is 5.35. The van der Waals surface area contributed by atoms with E-state index in [1.165, 1.54) is 5.56 Å². The molecule has 0 bridgehead atoms. The molecule has 1 N–H and O–H groups in total. The van der Waals surface area contributed by atoms with Crippen LogP contribution in [0.5, 0.6) is 5.75 Å². The number of benzene rings is 2. The van der Waals surface area contributed by atoms with Gasteiger partial charge in [0.15, 0.2) is 0 Å². The zero-order valence-electron chi connectivity index (χ0n) is 15.2. The van der Waals surface area contributed by atoms with Crippen LogP contribution in [-0.2, 0) is 32.4 Å². The first-order chi connectivity index (χ1) is 13.2. The average Bonchev–Trinajstić information content (AvgIpc) is 2.96. The van der Waals surface area contributed by atoms with Crippen molar-refractivity contribution in [3.8, 4) is 5.75 Å². The summed E-state index contributed by atoms with van der Waals surface area (Å²) in [5.41, 5.74) is 2.19. The summed E-state index contributed by atoms with van der Waals surface area (Å²) in [6.45, 7) is 3.34. The van der Waals surface area contributed by atoms with Gasteiger partial charge in [-0.1, -0.05) is 41.9 Å². The molecule has 0 radical (unpaired) electrons. The molecule has 0 spiro atoms. The van der Waals surface area contributed by atoms with E-state index in [1.807, 2.05) is 12.1 Å². The number of halogens is 1. The normalized spacial score (nSPS) is 14.7. The van der Waals surface area contributed by atoms with Crippen molar-refractivity contribution in [2.45, 2.75) is 32.4 Å². The van der Waals surface area contributed by atoms with Gasteiger partial charge in [-0.2, -0.15) is 0 Å². The standard InChI is InChI=1S/C21H23ClN4O/c22-18-7-8-19(27)17(14-18)15-25-11-10-21-24-23-20(26(21)13-12-25)9-6-16-4-2-1-3-5-16/h1-5,7-8,14,27H,6,9-13,15H2. The van der Waals surface area contributed by atoms with E-state index in [1.54, 1.807) is 12.1 Å². The first-order valence-corrected chi connectivity index (χ1v) is 9.71. The highest BCUT2D eigenvalue weighted by Gasteiger charge is 2.19. The summed E-state index contributed by atoms with van der Waals surface area (Å²) in [5.74, 6) is 2.41. The van der Waals surface area contributed by atoms with Gasteiger partial charge in [0.05, 0.1) is 0 Å². The topological polar surface area (TPSA) is 54.2 Å². The zero-order chi connectivity index (χ0) is 18.6.